The summed E-state index contributed by atoms with van der Waals surface area (Å²) < 4.78 is 0. The summed E-state index contributed by atoms with van der Waals surface area (Å²) in [5.74, 6) is 0.104. The number of aliphatic hydroxyl groups excluding tert-OH is 1. The van der Waals surface area contributed by atoms with Crippen LogP contribution in [0.1, 0.15) is 25.7 Å². The van der Waals surface area contributed by atoms with E-state index in [0.717, 1.165) is 6.42 Å². The number of hydrogen-bond acceptors (Lipinski definition) is 3. The van der Waals surface area contributed by atoms with E-state index in [1.54, 1.807) is 0 Å². The zero-order chi connectivity index (χ0) is 8.32. The van der Waals surface area contributed by atoms with Gasteiger partial charge in [0.2, 0.25) is 0 Å². The molecule has 60 valence electrons. The monoisotopic (exact) mass is 153 g/mol. The minimum Gasteiger partial charge on any atom is -0.395 e. The van der Waals surface area contributed by atoms with Crippen LogP contribution in [0.15, 0.2) is 0 Å². The number of nitrogens with zero attached hydrogens (tertiary/aromatic N) is 1. The summed E-state index contributed by atoms with van der Waals surface area (Å²) >= 11 is 0. The van der Waals surface area contributed by atoms with E-state index in [2.05, 4.69) is 0 Å². The van der Waals surface area contributed by atoms with E-state index in [1.807, 2.05) is 6.07 Å². The highest BCUT2D eigenvalue weighted by Crippen LogP contribution is 2.32. The Morgan fingerprint density at radius 2 is 2.45 bits per heavy atom. The van der Waals surface area contributed by atoms with Crippen molar-refractivity contribution in [2.24, 2.45) is 5.41 Å². The first kappa shape index (κ1) is 8.22. The van der Waals surface area contributed by atoms with Gasteiger partial charge in [-0.25, -0.2) is 0 Å². The summed E-state index contributed by atoms with van der Waals surface area (Å²) in [6.45, 7) is -0.185. The van der Waals surface area contributed by atoms with Crippen molar-refractivity contribution in [1.82, 2.24) is 0 Å². The van der Waals surface area contributed by atoms with E-state index in [4.69, 9.17) is 10.4 Å². The quantitative estimate of drug-likeness (QED) is 0.601. The molecule has 1 N–H and O–H groups in total. The summed E-state index contributed by atoms with van der Waals surface area (Å²) in [5.41, 5.74) is -0.755. The molecule has 1 unspecified atom stereocenters. The molecule has 0 aliphatic heterocycles. The van der Waals surface area contributed by atoms with Gasteiger partial charge in [0.25, 0.3) is 0 Å². The van der Waals surface area contributed by atoms with E-state index in [-0.39, 0.29) is 18.8 Å². The lowest BCUT2D eigenvalue weighted by Gasteiger charge is -2.26. The van der Waals surface area contributed by atoms with Crippen molar-refractivity contribution in [2.45, 2.75) is 25.7 Å². The molecule has 1 saturated carbocycles. The van der Waals surface area contributed by atoms with Crippen molar-refractivity contribution in [3.05, 3.63) is 0 Å². The van der Waals surface area contributed by atoms with Crippen LogP contribution in [0.5, 0.6) is 0 Å². The number of carbonyl (C=O) groups excluding carboxylic acids is 1. The molecule has 0 bridgehead atoms. The van der Waals surface area contributed by atoms with Crippen molar-refractivity contribution in [1.29, 1.82) is 5.26 Å². The van der Waals surface area contributed by atoms with E-state index in [9.17, 15) is 4.79 Å². The highest BCUT2D eigenvalue weighted by molar-refractivity contribution is 5.80. The van der Waals surface area contributed by atoms with E-state index in [0.29, 0.717) is 12.8 Å². The molecule has 0 spiro atoms. The third kappa shape index (κ3) is 1.58. The molecule has 11 heavy (non-hydrogen) atoms. The maximum absolute atomic E-state index is 10.9. The Morgan fingerprint density at radius 1 is 1.73 bits per heavy atom. The van der Waals surface area contributed by atoms with Gasteiger partial charge in [-0.3, -0.25) is 4.79 Å². The third-order valence-corrected chi connectivity index (χ3v) is 2.19. The average molecular weight is 153 g/mol. The highest BCUT2D eigenvalue weighted by atomic mass is 16.3. The summed E-state index contributed by atoms with van der Waals surface area (Å²) in [6.07, 6.45) is 2.21. The minimum atomic E-state index is -0.755. The lowest BCUT2D eigenvalue weighted by Crippen LogP contribution is -2.30. The van der Waals surface area contributed by atoms with E-state index in [1.165, 1.54) is 0 Å². The van der Waals surface area contributed by atoms with Crippen LogP contribution in [-0.4, -0.2) is 17.5 Å². The highest BCUT2D eigenvalue weighted by Gasteiger charge is 2.35. The number of nitriles is 1. The molecule has 0 aromatic heterocycles. The molecule has 0 heterocycles. The Hall–Kier alpha value is -0.880. The lowest BCUT2D eigenvalue weighted by atomic mass is 9.75. The normalized spacial score (nSPS) is 31.5. The van der Waals surface area contributed by atoms with Gasteiger partial charge in [0.05, 0.1) is 18.1 Å². The molecule has 1 fully saturated rings. The number of hydrogen-bond donors (Lipinski definition) is 1. The molecule has 1 aliphatic carbocycles. The fourth-order valence-electron chi connectivity index (χ4n) is 1.44. The Balaban J connectivity index is 2.69. The van der Waals surface area contributed by atoms with Crippen LogP contribution in [0.4, 0.5) is 0 Å². The zero-order valence-electron chi connectivity index (χ0n) is 6.34. The number of Topliss-reactive ketones (excluding diaryl/α,β-unsaturated/α-hetero) is 1. The molecule has 0 saturated heterocycles. The summed E-state index contributed by atoms with van der Waals surface area (Å²) in [5, 5.41) is 17.6. The Morgan fingerprint density at radius 3 is 2.82 bits per heavy atom. The zero-order valence-corrected chi connectivity index (χ0v) is 6.34. The lowest BCUT2D eigenvalue weighted by molar-refractivity contribution is -0.123. The molecule has 0 aromatic carbocycles. The van der Waals surface area contributed by atoms with Gasteiger partial charge in [-0.15, -0.1) is 0 Å². The fourth-order valence-corrected chi connectivity index (χ4v) is 1.44. The number of aliphatic hydroxyl groups is 1. The van der Waals surface area contributed by atoms with Crippen LogP contribution in [0.2, 0.25) is 0 Å². The van der Waals surface area contributed by atoms with Crippen molar-refractivity contribution < 1.29 is 9.90 Å². The molecule has 1 atom stereocenters. The molecule has 1 aliphatic rings. The fraction of sp³-hybridized carbons (Fsp3) is 0.750. The third-order valence-electron chi connectivity index (χ3n) is 2.19. The van der Waals surface area contributed by atoms with Gasteiger partial charge in [-0.1, -0.05) is 0 Å². The van der Waals surface area contributed by atoms with Crippen molar-refractivity contribution in [2.75, 3.05) is 6.61 Å². The van der Waals surface area contributed by atoms with E-state index < -0.39 is 5.41 Å². The summed E-state index contributed by atoms with van der Waals surface area (Å²) in [4.78, 5) is 10.9. The predicted molar refractivity (Wildman–Crippen MR) is 38.6 cm³/mol. The van der Waals surface area contributed by atoms with Crippen LogP contribution in [0.25, 0.3) is 0 Å². The average Bonchev–Trinajstić information content (AvgIpc) is 2.04. The first-order valence-corrected chi connectivity index (χ1v) is 3.76. The van der Waals surface area contributed by atoms with Gasteiger partial charge in [0.1, 0.15) is 5.78 Å². The molecule has 0 aromatic rings. The van der Waals surface area contributed by atoms with Crippen LogP contribution in [-0.2, 0) is 4.79 Å². The predicted octanol–water partition coefficient (Wildman–Crippen LogP) is 0.632. The molecule has 0 radical (unpaired) electrons. The van der Waals surface area contributed by atoms with Crippen molar-refractivity contribution in [3.8, 4) is 6.07 Å². The molecule has 3 nitrogen and oxygen atoms in total. The Kier molecular flexibility index (Phi) is 2.25. The number of rotatable bonds is 1. The molecule has 3 heteroatoms. The van der Waals surface area contributed by atoms with Gasteiger partial charge in [0.15, 0.2) is 0 Å². The second-order valence-electron chi connectivity index (χ2n) is 3.12. The molecular weight excluding hydrogens is 142 g/mol. The topological polar surface area (TPSA) is 61.1 Å². The first-order chi connectivity index (χ1) is 5.22. The number of ketones is 1. The SMILES string of the molecule is N#CC1(CO)CCCC(=O)C1. The standard InChI is InChI=1S/C8H11NO2/c9-5-8(6-10)3-1-2-7(11)4-8/h10H,1-4,6H2. The maximum Gasteiger partial charge on any atom is 0.134 e. The Labute approximate surface area is 65.6 Å². The van der Waals surface area contributed by atoms with Crippen LogP contribution in [0.3, 0.4) is 0 Å². The smallest absolute Gasteiger partial charge is 0.134 e. The molecule has 0 amide bonds. The van der Waals surface area contributed by atoms with Gasteiger partial charge < -0.3 is 5.11 Å². The van der Waals surface area contributed by atoms with Gasteiger partial charge in [-0.05, 0) is 12.8 Å². The van der Waals surface area contributed by atoms with Crippen LogP contribution < -0.4 is 0 Å². The minimum absolute atomic E-state index is 0.104. The summed E-state index contributed by atoms with van der Waals surface area (Å²) in [7, 11) is 0. The largest absolute Gasteiger partial charge is 0.395 e. The number of carbonyl (C=O) groups is 1. The first-order valence-electron chi connectivity index (χ1n) is 3.76. The van der Waals surface area contributed by atoms with Gasteiger partial charge in [0, 0.05) is 12.8 Å². The molecular formula is C8H11NO2. The second-order valence-corrected chi connectivity index (χ2v) is 3.12. The van der Waals surface area contributed by atoms with Crippen LogP contribution >= 0.6 is 0 Å². The van der Waals surface area contributed by atoms with E-state index >= 15 is 0 Å². The second kappa shape index (κ2) is 3.02. The van der Waals surface area contributed by atoms with Crippen LogP contribution in [0, 0.1) is 16.7 Å². The maximum atomic E-state index is 10.9. The van der Waals surface area contributed by atoms with Gasteiger partial charge >= 0.3 is 0 Å². The van der Waals surface area contributed by atoms with Gasteiger partial charge in [-0.2, -0.15) is 5.26 Å². The van der Waals surface area contributed by atoms with Crippen molar-refractivity contribution >= 4 is 5.78 Å². The summed E-state index contributed by atoms with van der Waals surface area (Å²) in [6, 6.07) is 2.03. The Bertz CT molecular complexity index is 207. The molecule has 1 rings (SSSR count). The van der Waals surface area contributed by atoms with Crippen molar-refractivity contribution in [3.63, 3.8) is 0 Å².